The van der Waals surface area contributed by atoms with E-state index in [1.54, 1.807) is 0 Å². The Labute approximate surface area is 126 Å². The summed E-state index contributed by atoms with van der Waals surface area (Å²) in [5.41, 5.74) is 1.60. The summed E-state index contributed by atoms with van der Waals surface area (Å²) in [7, 11) is 0. The maximum atomic E-state index is 11.2. The molecule has 0 saturated carbocycles. The summed E-state index contributed by atoms with van der Waals surface area (Å²) >= 11 is 3.56. The van der Waals surface area contributed by atoms with Crippen molar-refractivity contribution in [3.63, 3.8) is 0 Å². The van der Waals surface area contributed by atoms with Gasteiger partial charge in [-0.1, -0.05) is 15.9 Å². The van der Waals surface area contributed by atoms with Crippen LogP contribution in [0.1, 0.15) is 15.9 Å². The van der Waals surface area contributed by atoms with E-state index in [2.05, 4.69) is 26.1 Å². The number of halogens is 1. The van der Waals surface area contributed by atoms with Gasteiger partial charge in [0.1, 0.15) is 13.2 Å². The molecule has 1 aromatic carbocycles. The van der Waals surface area contributed by atoms with Gasteiger partial charge < -0.3 is 14.8 Å². The largest absolute Gasteiger partial charge is 0.486 e. The first kappa shape index (κ1) is 13.9. The van der Waals surface area contributed by atoms with Crippen molar-refractivity contribution in [1.82, 2.24) is 10.2 Å². The van der Waals surface area contributed by atoms with Crippen LogP contribution in [0.5, 0.6) is 11.5 Å². The second-order valence-electron chi connectivity index (χ2n) is 4.93. The van der Waals surface area contributed by atoms with Crippen molar-refractivity contribution in [2.75, 3.05) is 39.4 Å². The van der Waals surface area contributed by atoms with Crippen molar-refractivity contribution in [2.24, 2.45) is 0 Å². The van der Waals surface area contributed by atoms with Gasteiger partial charge in [-0.2, -0.15) is 0 Å². The summed E-state index contributed by atoms with van der Waals surface area (Å²) in [6.07, 6.45) is 0.812. The summed E-state index contributed by atoms with van der Waals surface area (Å²) in [4.78, 5) is 13.5. The predicted octanol–water partition coefficient (Wildman–Crippen LogP) is 1.44. The van der Waals surface area contributed by atoms with Crippen LogP contribution in [0, 0.1) is 0 Å². The van der Waals surface area contributed by atoms with Crippen LogP contribution >= 0.6 is 15.9 Å². The lowest BCUT2D eigenvalue weighted by Gasteiger charge is -2.30. The first-order valence-corrected chi connectivity index (χ1v) is 7.58. The zero-order chi connectivity index (χ0) is 13.9. The number of piperazine rings is 1. The van der Waals surface area contributed by atoms with Gasteiger partial charge in [0, 0.05) is 42.8 Å². The molecule has 20 heavy (non-hydrogen) atoms. The number of rotatable bonds is 3. The second-order valence-corrected chi connectivity index (χ2v) is 5.78. The van der Waals surface area contributed by atoms with Gasteiger partial charge in [-0.25, -0.2) is 0 Å². The molecule has 5 nitrogen and oxygen atoms in total. The quantitative estimate of drug-likeness (QED) is 0.844. The van der Waals surface area contributed by atoms with Crippen molar-refractivity contribution < 1.29 is 14.3 Å². The molecule has 0 unspecified atom stereocenters. The van der Waals surface area contributed by atoms with Crippen molar-refractivity contribution in [3.8, 4) is 11.5 Å². The van der Waals surface area contributed by atoms with E-state index in [1.807, 2.05) is 6.07 Å². The number of aldehydes is 1. The molecule has 1 saturated heterocycles. The number of nitrogens with one attached hydrogen (secondary N) is 1. The van der Waals surface area contributed by atoms with E-state index < -0.39 is 0 Å². The van der Waals surface area contributed by atoms with Crippen molar-refractivity contribution in [3.05, 3.63) is 21.7 Å². The summed E-state index contributed by atoms with van der Waals surface area (Å²) in [6.45, 7) is 5.84. The Morgan fingerprint density at radius 3 is 2.65 bits per heavy atom. The van der Waals surface area contributed by atoms with E-state index in [0.717, 1.165) is 49.0 Å². The van der Waals surface area contributed by atoms with Crippen LogP contribution in [0.2, 0.25) is 0 Å². The van der Waals surface area contributed by atoms with E-state index >= 15 is 0 Å². The number of nitrogens with zero attached hydrogens (tertiary/aromatic N) is 1. The van der Waals surface area contributed by atoms with E-state index in [-0.39, 0.29) is 0 Å². The van der Waals surface area contributed by atoms with Gasteiger partial charge in [-0.15, -0.1) is 0 Å². The highest BCUT2D eigenvalue weighted by Gasteiger charge is 2.24. The monoisotopic (exact) mass is 340 g/mol. The Balaban J connectivity index is 1.94. The third-order valence-electron chi connectivity index (χ3n) is 3.61. The highest BCUT2D eigenvalue weighted by atomic mass is 79.9. The molecule has 0 atom stereocenters. The SMILES string of the molecule is O=Cc1cc(Br)c(CN2CCNCC2)c2c1OCCO2. The van der Waals surface area contributed by atoms with E-state index in [9.17, 15) is 4.79 Å². The van der Waals surface area contributed by atoms with Crippen molar-refractivity contribution in [1.29, 1.82) is 0 Å². The summed E-state index contributed by atoms with van der Waals surface area (Å²) < 4.78 is 12.3. The number of ether oxygens (including phenoxy) is 2. The normalized spacial score (nSPS) is 18.9. The Morgan fingerprint density at radius 2 is 1.95 bits per heavy atom. The van der Waals surface area contributed by atoms with Crippen LogP contribution in [0.4, 0.5) is 0 Å². The highest BCUT2D eigenvalue weighted by Crippen LogP contribution is 2.41. The third-order valence-corrected chi connectivity index (χ3v) is 4.31. The Bertz CT molecular complexity index is 516. The zero-order valence-corrected chi connectivity index (χ0v) is 12.7. The van der Waals surface area contributed by atoms with Crippen molar-refractivity contribution in [2.45, 2.75) is 6.54 Å². The highest BCUT2D eigenvalue weighted by molar-refractivity contribution is 9.10. The molecule has 0 radical (unpaired) electrons. The van der Waals surface area contributed by atoms with Crippen LogP contribution < -0.4 is 14.8 Å². The number of carbonyl (C=O) groups excluding carboxylic acids is 1. The van der Waals surface area contributed by atoms with Crippen LogP contribution in [0.3, 0.4) is 0 Å². The molecule has 6 heteroatoms. The summed E-state index contributed by atoms with van der Waals surface area (Å²) in [5.74, 6) is 1.30. The molecule has 2 heterocycles. The number of benzene rings is 1. The Morgan fingerprint density at radius 1 is 1.25 bits per heavy atom. The van der Waals surface area contributed by atoms with E-state index in [1.165, 1.54) is 0 Å². The molecule has 1 N–H and O–H groups in total. The molecule has 0 spiro atoms. The van der Waals surface area contributed by atoms with Crippen molar-refractivity contribution >= 4 is 22.2 Å². The average Bonchev–Trinajstić information content (AvgIpc) is 2.51. The number of hydrogen-bond acceptors (Lipinski definition) is 5. The molecule has 1 aromatic rings. The molecule has 108 valence electrons. The molecule has 0 aromatic heterocycles. The van der Waals surface area contributed by atoms with Crippen LogP contribution in [-0.4, -0.2) is 50.6 Å². The number of carbonyl (C=O) groups is 1. The van der Waals surface area contributed by atoms with Crippen LogP contribution in [-0.2, 0) is 6.54 Å². The zero-order valence-electron chi connectivity index (χ0n) is 11.2. The molecule has 0 bridgehead atoms. The molecule has 0 aliphatic carbocycles. The van der Waals surface area contributed by atoms with E-state index in [0.29, 0.717) is 30.3 Å². The average molecular weight is 341 g/mol. The molecule has 0 amide bonds. The minimum atomic E-state index is 0.489. The number of fused-ring (bicyclic) bond motifs is 1. The molecule has 2 aliphatic heterocycles. The fourth-order valence-corrected chi connectivity index (χ4v) is 3.13. The Kier molecular flexibility index (Phi) is 4.24. The maximum Gasteiger partial charge on any atom is 0.172 e. The lowest BCUT2D eigenvalue weighted by Crippen LogP contribution is -2.43. The Hall–Kier alpha value is -1.11. The minimum Gasteiger partial charge on any atom is -0.486 e. The van der Waals surface area contributed by atoms with Gasteiger partial charge in [0.15, 0.2) is 17.8 Å². The summed E-state index contributed by atoms with van der Waals surface area (Å²) in [5, 5.41) is 3.34. The van der Waals surface area contributed by atoms with Gasteiger partial charge >= 0.3 is 0 Å². The molecular weight excluding hydrogens is 324 g/mol. The predicted molar refractivity (Wildman–Crippen MR) is 78.7 cm³/mol. The smallest absolute Gasteiger partial charge is 0.172 e. The first-order valence-electron chi connectivity index (χ1n) is 6.79. The second kappa shape index (κ2) is 6.11. The molecule has 2 aliphatic rings. The lowest BCUT2D eigenvalue weighted by atomic mass is 10.1. The van der Waals surface area contributed by atoms with E-state index in [4.69, 9.17) is 9.47 Å². The topological polar surface area (TPSA) is 50.8 Å². The van der Waals surface area contributed by atoms with Gasteiger partial charge in [0.25, 0.3) is 0 Å². The standard InChI is InChI=1S/C14H17BrN2O3/c15-12-7-10(9-18)13-14(20-6-5-19-13)11(12)8-17-3-1-16-2-4-17/h7,9,16H,1-6,8H2. The molecule has 1 fully saturated rings. The molecule has 3 rings (SSSR count). The fourth-order valence-electron chi connectivity index (χ4n) is 2.58. The van der Waals surface area contributed by atoms with Crippen LogP contribution in [0.15, 0.2) is 10.5 Å². The molecular formula is C14H17BrN2O3. The number of hydrogen-bond donors (Lipinski definition) is 1. The summed E-state index contributed by atoms with van der Waals surface area (Å²) in [6, 6.07) is 1.82. The third kappa shape index (κ3) is 2.68. The van der Waals surface area contributed by atoms with Gasteiger partial charge in [-0.3, -0.25) is 9.69 Å². The van der Waals surface area contributed by atoms with Crippen LogP contribution in [0.25, 0.3) is 0 Å². The lowest BCUT2D eigenvalue weighted by molar-refractivity contribution is 0.111. The van der Waals surface area contributed by atoms with Gasteiger partial charge in [0.2, 0.25) is 0 Å². The van der Waals surface area contributed by atoms with Gasteiger partial charge in [0.05, 0.1) is 5.56 Å². The maximum absolute atomic E-state index is 11.2. The minimum absolute atomic E-state index is 0.489. The van der Waals surface area contributed by atoms with Gasteiger partial charge in [-0.05, 0) is 6.07 Å². The first-order chi connectivity index (χ1) is 9.79. The fraction of sp³-hybridized carbons (Fsp3) is 0.500.